The summed E-state index contributed by atoms with van der Waals surface area (Å²) in [5.41, 5.74) is 0. The third-order valence-electron chi connectivity index (χ3n) is 4.12. The lowest BCUT2D eigenvalue weighted by Gasteiger charge is -2.19. The molecular weight excluding hydrogens is 158 g/mol. The Morgan fingerprint density at radius 3 is 2.08 bits per heavy atom. The molecule has 0 aromatic heterocycles. The van der Waals surface area contributed by atoms with Crippen LogP contribution in [0.1, 0.15) is 40.0 Å². The number of rotatable bonds is 5. The molecule has 0 aromatic rings. The van der Waals surface area contributed by atoms with Gasteiger partial charge in [0.2, 0.25) is 0 Å². The summed E-state index contributed by atoms with van der Waals surface area (Å²) in [5, 5.41) is 0. The van der Waals surface area contributed by atoms with Crippen LogP contribution < -0.4 is 0 Å². The van der Waals surface area contributed by atoms with Crippen LogP contribution in [0.5, 0.6) is 0 Å². The van der Waals surface area contributed by atoms with E-state index in [2.05, 4.69) is 20.8 Å². The Labute approximate surface area is 82.7 Å². The fraction of sp³-hybridized carbons (Fsp3) is 1.00. The molecule has 0 bridgehead atoms. The molecule has 1 nitrogen and oxygen atoms in total. The molecule has 1 aliphatic heterocycles. The average molecular weight is 182 g/mol. The molecule has 0 aromatic carbocycles. The van der Waals surface area contributed by atoms with Crippen molar-refractivity contribution in [1.29, 1.82) is 0 Å². The van der Waals surface area contributed by atoms with Crippen LogP contribution in [0.25, 0.3) is 0 Å². The van der Waals surface area contributed by atoms with Crippen molar-refractivity contribution in [2.24, 2.45) is 11.8 Å². The summed E-state index contributed by atoms with van der Waals surface area (Å²) in [4.78, 5) is 0. The minimum absolute atomic E-state index is 1.05. The van der Waals surface area contributed by atoms with Crippen molar-refractivity contribution >= 4 is 0 Å². The van der Waals surface area contributed by atoms with Crippen molar-refractivity contribution < 1.29 is 4.48 Å². The summed E-state index contributed by atoms with van der Waals surface area (Å²) in [6.45, 7) is 11.5. The largest absolute Gasteiger partial charge is 0.311 e. The third kappa shape index (κ3) is 1.63. The van der Waals surface area contributed by atoms with E-state index < -0.39 is 0 Å². The molecule has 3 unspecified atom stereocenters. The minimum Gasteiger partial charge on any atom is -0.311 e. The summed E-state index contributed by atoms with van der Waals surface area (Å²) in [5.74, 6) is 2.16. The van der Waals surface area contributed by atoms with Gasteiger partial charge < -0.3 is 4.48 Å². The van der Waals surface area contributed by atoms with Crippen LogP contribution in [-0.4, -0.2) is 30.2 Å². The van der Waals surface area contributed by atoms with Crippen LogP contribution in [0.3, 0.4) is 0 Å². The topological polar surface area (TPSA) is 0 Å². The number of quaternary nitrogens is 1. The van der Waals surface area contributed by atoms with Gasteiger partial charge in [0.25, 0.3) is 0 Å². The molecule has 1 saturated heterocycles. The van der Waals surface area contributed by atoms with Crippen molar-refractivity contribution in [3.05, 3.63) is 0 Å². The zero-order chi connectivity index (χ0) is 9.47. The van der Waals surface area contributed by atoms with Crippen LogP contribution in [0.2, 0.25) is 0 Å². The molecule has 0 spiro atoms. The second kappa shape index (κ2) is 3.27. The van der Waals surface area contributed by atoms with Gasteiger partial charge in [0.1, 0.15) is 12.6 Å². The first-order valence-corrected chi connectivity index (χ1v) is 6.09. The van der Waals surface area contributed by atoms with Gasteiger partial charge in [-0.2, -0.15) is 0 Å². The van der Waals surface area contributed by atoms with Crippen LogP contribution in [0, 0.1) is 11.8 Å². The first-order valence-electron chi connectivity index (χ1n) is 6.09. The molecule has 1 heteroatoms. The lowest BCUT2D eigenvalue weighted by Crippen LogP contribution is -2.31. The van der Waals surface area contributed by atoms with Gasteiger partial charge in [0.15, 0.2) is 0 Å². The maximum absolute atomic E-state index is 2.43. The van der Waals surface area contributed by atoms with E-state index >= 15 is 0 Å². The van der Waals surface area contributed by atoms with Crippen LogP contribution in [0.15, 0.2) is 0 Å². The maximum Gasteiger partial charge on any atom is 0.142 e. The van der Waals surface area contributed by atoms with E-state index in [0.29, 0.717) is 0 Å². The predicted octanol–water partition coefficient (Wildman–Crippen LogP) is 2.66. The van der Waals surface area contributed by atoms with Crippen molar-refractivity contribution in [1.82, 2.24) is 0 Å². The highest BCUT2D eigenvalue weighted by molar-refractivity contribution is 4.95. The monoisotopic (exact) mass is 182 g/mol. The Morgan fingerprint density at radius 1 is 1.15 bits per heavy atom. The van der Waals surface area contributed by atoms with E-state index in [0.717, 1.165) is 17.9 Å². The van der Waals surface area contributed by atoms with E-state index in [9.17, 15) is 0 Å². The summed E-state index contributed by atoms with van der Waals surface area (Å²) in [7, 11) is 0. The highest BCUT2D eigenvalue weighted by Crippen LogP contribution is 2.51. The first-order chi connectivity index (χ1) is 6.23. The van der Waals surface area contributed by atoms with Gasteiger partial charge >= 0.3 is 0 Å². The average Bonchev–Trinajstić information content (AvgIpc) is 2.92. The lowest BCUT2D eigenvalue weighted by molar-refractivity contribution is -0.815. The summed E-state index contributed by atoms with van der Waals surface area (Å²) >= 11 is 0. The Kier molecular flexibility index (Phi) is 2.39. The molecule has 13 heavy (non-hydrogen) atoms. The fourth-order valence-corrected chi connectivity index (χ4v) is 3.27. The first kappa shape index (κ1) is 9.51. The highest BCUT2D eigenvalue weighted by Gasteiger charge is 2.62. The smallest absolute Gasteiger partial charge is 0.142 e. The van der Waals surface area contributed by atoms with Crippen molar-refractivity contribution in [3.8, 4) is 0 Å². The summed E-state index contributed by atoms with van der Waals surface area (Å²) in [6, 6.07) is 1.08. The molecule has 2 rings (SSSR count). The van der Waals surface area contributed by atoms with E-state index in [1.165, 1.54) is 43.4 Å². The number of hydrogen-bond donors (Lipinski definition) is 0. The molecule has 76 valence electrons. The maximum atomic E-state index is 2.43. The zero-order valence-electron chi connectivity index (χ0n) is 9.42. The highest BCUT2D eigenvalue weighted by atomic mass is 15.5. The van der Waals surface area contributed by atoms with E-state index in [1.807, 2.05) is 0 Å². The predicted molar refractivity (Wildman–Crippen MR) is 56.5 cm³/mol. The van der Waals surface area contributed by atoms with Crippen molar-refractivity contribution in [3.63, 3.8) is 0 Å². The molecule has 3 atom stereocenters. The molecule has 0 radical (unpaired) electrons. The molecule has 1 heterocycles. The Morgan fingerprint density at radius 2 is 1.69 bits per heavy atom. The van der Waals surface area contributed by atoms with Gasteiger partial charge in [0.05, 0.1) is 13.1 Å². The summed E-state index contributed by atoms with van der Waals surface area (Å²) in [6.07, 6.45) is 4.27. The van der Waals surface area contributed by atoms with E-state index in [1.54, 1.807) is 0 Å². The molecule has 0 amide bonds. The van der Waals surface area contributed by atoms with Crippen LogP contribution in [-0.2, 0) is 0 Å². The Balaban J connectivity index is 1.88. The van der Waals surface area contributed by atoms with Gasteiger partial charge in [-0.05, 0) is 25.2 Å². The van der Waals surface area contributed by atoms with Gasteiger partial charge in [-0.15, -0.1) is 0 Å². The molecular formula is C12H24N+. The molecule has 1 aliphatic carbocycles. The Bertz CT molecular complexity index is 182. The SMILES string of the molecule is CCC[N+]1(CCC)CC1C1CC1C. The van der Waals surface area contributed by atoms with Gasteiger partial charge in [0, 0.05) is 5.92 Å². The van der Waals surface area contributed by atoms with Crippen molar-refractivity contribution in [2.75, 3.05) is 19.6 Å². The minimum atomic E-state index is 1.05. The van der Waals surface area contributed by atoms with E-state index in [4.69, 9.17) is 0 Å². The van der Waals surface area contributed by atoms with Crippen LogP contribution in [0.4, 0.5) is 0 Å². The third-order valence-corrected chi connectivity index (χ3v) is 4.12. The fourth-order valence-electron chi connectivity index (χ4n) is 3.27. The molecule has 2 fully saturated rings. The van der Waals surface area contributed by atoms with Gasteiger partial charge in [-0.1, -0.05) is 20.8 Å². The molecule has 2 aliphatic rings. The van der Waals surface area contributed by atoms with Crippen LogP contribution >= 0.6 is 0 Å². The van der Waals surface area contributed by atoms with E-state index in [-0.39, 0.29) is 0 Å². The number of nitrogens with zero attached hydrogens (tertiary/aromatic N) is 1. The zero-order valence-corrected chi connectivity index (χ0v) is 9.42. The Hall–Kier alpha value is -0.0400. The quantitative estimate of drug-likeness (QED) is 0.453. The lowest BCUT2D eigenvalue weighted by atomic mass is 10.2. The second-order valence-electron chi connectivity index (χ2n) is 5.29. The molecule has 1 saturated carbocycles. The second-order valence-corrected chi connectivity index (χ2v) is 5.29. The van der Waals surface area contributed by atoms with Crippen molar-refractivity contribution in [2.45, 2.75) is 46.1 Å². The molecule has 0 N–H and O–H groups in total. The van der Waals surface area contributed by atoms with Gasteiger partial charge in [-0.25, -0.2) is 0 Å². The number of hydrogen-bond acceptors (Lipinski definition) is 0. The normalized spacial score (nSPS) is 40.4. The standard InChI is InChI=1S/C12H24N/c1-4-6-13(7-5-2)9-12(13)11-8-10(11)3/h10-12H,4-9H2,1-3H3/q+1. The summed E-state index contributed by atoms with van der Waals surface area (Å²) < 4.78 is 1.49. The van der Waals surface area contributed by atoms with Gasteiger partial charge in [-0.3, -0.25) is 0 Å².